The van der Waals surface area contributed by atoms with E-state index >= 15 is 0 Å². The zero-order chi connectivity index (χ0) is 7.03. The minimum absolute atomic E-state index is 0.0156. The van der Waals surface area contributed by atoms with Crippen LogP contribution >= 0.6 is 0 Å². The molecule has 0 amide bonds. The van der Waals surface area contributed by atoms with Crippen LogP contribution in [0.2, 0.25) is 0 Å². The van der Waals surface area contributed by atoms with Crippen LogP contribution in [0.3, 0.4) is 0 Å². The smallest absolute Gasteiger partial charge is 0.141 e. The van der Waals surface area contributed by atoms with Gasteiger partial charge in [0, 0.05) is 24.9 Å². The highest BCUT2D eigenvalue weighted by Gasteiger charge is 2.44. The molecule has 2 rings (SSSR count). The molecule has 55 valence electrons. The first-order valence-corrected chi connectivity index (χ1v) is 3.92. The van der Waals surface area contributed by atoms with Gasteiger partial charge in [-0.05, 0) is 19.3 Å². The number of ketones is 1. The largest absolute Gasteiger partial charge is 0.315 e. The van der Waals surface area contributed by atoms with Crippen molar-refractivity contribution in [1.29, 1.82) is 0 Å². The Kier molecular flexibility index (Phi) is 1.31. The van der Waals surface area contributed by atoms with Crippen molar-refractivity contribution >= 4 is 5.78 Å². The summed E-state index contributed by atoms with van der Waals surface area (Å²) in [4.78, 5) is 11.3. The zero-order valence-corrected chi connectivity index (χ0v) is 6.02. The number of Topliss-reactive ketones (excluding diaryl/α,β-unsaturated/α-hetero) is 1. The predicted molar refractivity (Wildman–Crippen MR) is 38.5 cm³/mol. The van der Waals surface area contributed by atoms with Gasteiger partial charge in [0.2, 0.25) is 0 Å². The van der Waals surface area contributed by atoms with E-state index in [0.717, 1.165) is 32.4 Å². The Morgan fingerprint density at radius 3 is 2.80 bits per heavy atom. The molecule has 2 aliphatic rings. The minimum atomic E-state index is -0.0156. The fraction of sp³-hybridized carbons (Fsp3) is 0.750. The molecule has 1 heterocycles. The third-order valence-electron chi connectivity index (χ3n) is 2.65. The summed E-state index contributed by atoms with van der Waals surface area (Å²) in [6, 6.07) is 0. The molecule has 0 aromatic carbocycles. The van der Waals surface area contributed by atoms with Gasteiger partial charge in [0.1, 0.15) is 5.78 Å². The molecule has 1 saturated heterocycles. The van der Waals surface area contributed by atoms with Gasteiger partial charge >= 0.3 is 0 Å². The third kappa shape index (κ3) is 0.717. The Morgan fingerprint density at radius 1 is 1.60 bits per heavy atom. The highest BCUT2D eigenvalue weighted by Crippen LogP contribution is 2.41. The Bertz CT molecular complexity index is 161. The Balaban J connectivity index is 2.10. The van der Waals surface area contributed by atoms with Crippen molar-refractivity contribution in [1.82, 2.24) is 5.32 Å². The molecule has 2 heteroatoms. The molecule has 1 N–H and O–H groups in total. The topological polar surface area (TPSA) is 29.1 Å². The Labute approximate surface area is 61.0 Å². The fourth-order valence-electron chi connectivity index (χ4n) is 1.77. The monoisotopic (exact) mass is 138 g/mol. The molecule has 2 fully saturated rings. The second-order valence-corrected chi connectivity index (χ2v) is 3.25. The lowest BCUT2D eigenvalue weighted by Gasteiger charge is -2.42. The molecular weight excluding hydrogens is 126 g/mol. The van der Waals surface area contributed by atoms with Crippen LogP contribution in [0.1, 0.15) is 19.3 Å². The van der Waals surface area contributed by atoms with Gasteiger partial charge in [-0.25, -0.2) is 0 Å². The van der Waals surface area contributed by atoms with Crippen molar-refractivity contribution in [3.05, 3.63) is 6.42 Å². The number of rotatable bonds is 0. The molecule has 2 nitrogen and oxygen atoms in total. The number of hydrogen-bond donors (Lipinski definition) is 1. The van der Waals surface area contributed by atoms with Gasteiger partial charge in [0.05, 0.1) is 0 Å². The second kappa shape index (κ2) is 2.06. The quantitative estimate of drug-likeness (QED) is 0.529. The van der Waals surface area contributed by atoms with Crippen LogP contribution < -0.4 is 5.32 Å². The van der Waals surface area contributed by atoms with E-state index in [4.69, 9.17) is 0 Å². The van der Waals surface area contributed by atoms with Crippen molar-refractivity contribution in [2.24, 2.45) is 5.41 Å². The maximum absolute atomic E-state index is 11.3. The van der Waals surface area contributed by atoms with Crippen molar-refractivity contribution in [3.63, 3.8) is 0 Å². The van der Waals surface area contributed by atoms with Crippen LogP contribution in [0.5, 0.6) is 0 Å². The number of nitrogens with one attached hydrogen (secondary N) is 1. The van der Waals surface area contributed by atoms with E-state index in [1.165, 1.54) is 0 Å². The summed E-state index contributed by atoms with van der Waals surface area (Å²) < 4.78 is 0. The van der Waals surface area contributed by atoms with Crippen LogP contribution in [0, 0.1) is 11.8 Å². The summed E-state index contributed by atoms with van der Waals surface area (Å²) in [6.45, 7) is 1.78. The number of carbonyl (C=O) groups is 1. The molecule has 1 atom stereocenters. The van der Waals surface area contributed by atoms with Crippen molar-refractivity contribution < 1.29 is 4.79 Å². The normalized spacial score (nSPS) is 30.2. The molecule has 1 aliphatic carbocycles. The molecular formula is C8H12NO. The number of carbonyl (C=O) groups excluding carboxylic acids is 1. The Hall–Kier alpha value is -0.370. The number of piperidine rings is 1. The minimum Gasteiger partial charge on any atom is -0.315 e. The molecule has 1 aliphatic heterocycles. The molecule has 0 aromatic heterocycles. The standard InChI is InChI=1S/C8H12NO/c10-7-2-5-9-6-8(7)3-1-4-8/h3,9H,1-2,4-6H2. The van der Waals surface area contributed by atoms with Crippen LogP contribution in [0.15, 0.2) is 0 Å². The van der Waals surface area contributed by atoms with Gasteiger partial charge in [-0.3, -0.25) is 4.79 Å². The summed E-state index contributed by atoms with van der Waals surface area (Å²) in [6.07, 6.45) is 5.12. The summed E-state index contributed by atoms with van der Waals surface area (Å²) in [7, 11) is 0. The maximum atomic E-state index is 11.3. The molecule has 10 heavy (non-hydrogen) atoms. The molecule has 1 saturated carbocycles. The first-order valence-electron chi connectivity index (χ1n) is 3.92. The van der Waals surface area contributed by atoms with Gasteiger partial charge in [-0.15, -0.1) is 0 Å². The lowest BCUT2D eigenvalue weighted by molar-refractivity contribution is -0.131. The lowest BCUT2D eigenvalue weighted by Crippen LogP contribution is -2.51. The van der Waals surface area contributed by atoms with Crippen LogP contribution in [0.25, 0.3) is 0 Å². The third-order valence-corrected chi connectivity index (χ3v) is 2.65. The molecule has 1 spiro atoms. The molecule has 1 unspecified atom stereocenters. The van der Waals surface area contributed by atoms with E-state index in [2.05, 4.69) is 11.7 Å². The first-order chi connectivity index (χ1) is 4.83. The van der Waals surface area contributed by atoms with E-state index in [-0.39, 0.29) is 5.41 Å². The van der Waals surface area contributed by atoms with E-state index in [0.29, 0.717) is 5.78 Å². The first kappa shape index (κ1) is 6.35. The van der Waals surface area contributed by atoms with Crippen molar-refractivity contribution in [2.45, 2.75) is 19.3 Å². The van der Waals surface area contributed by atoms with Crippen molar-refractivity contribution in [3.8, 4) is 0 Å². The van der Waals surface area contributed by atoms with E-state index < -0.39 is 0 Å². The predicted octanol–water partition coefficient (Wildman–Crippen LogP) is 0.533. The Morgan fingerprint density at radius 2 is 2.40 bits per heavy atom. The fourth-order valence-corrected chi connectivity index (χ4v) is 1.77. The van der Waals surface area contributed by atoms with Gasteiger partial charge in [-0.2, -0.15) is 0 Å². The van der Waals surface area contributed by atoms with Crippen LogP contribution in [-0.4, -0.2) is 18.9 Å². The lowest BCUT2D eigenvalue weighted by atomic mass is 9.64. The summed E-state index contributed by atoms with van der Waals surface area (Å²) >= 11 is 0. The van der Waals surface area contributed by atoms with E-state index in [1.54, 1.807) is 0 Å². The van der Waals surface area contributed by atoms with Gasteiger partial charge in [-0.1, -0.05) is 0 Å². The molecule has 0 bridgehead atoms. The zero-order valence-electron chi connectivity index (χ0n) is 6.02. The van der Waals surface area contributed by atoms with Crippen LogP contribution in [0.4, 0.5) is 0 Å². The van der Waals surface area contributed by atoms with Gasteiger partial charge < -0.3 is 5.32 Å². The molecule has 1 radical (unpaired) electrons. The summed E-state index contributed by atoms with van der Waals surface area (Å²) in [5.74, 6) is 0.456. The maximum Gasteiger partial charge on any atom is 0.141 e. The van der Waals surface area contributed by atoms with Gasteiger partial charge in [0.25, 0.3) is 0 Å². The molecule has 0 aromatic rings. The highest BCUT2D eigenvalue weighted by molar-refractivity contribution is 5.88. The average molecular weight is 138 g/mol. The number of hydrogen-bond acceptors (Lipinski definition) is 2. The van der Waals surface area contributed by atoms with Crippen molar-refractivity contribution in [2.75, 3.05) is 13.1 Å². The summed E-state index contributed by atoms with van der Waals surface area (Å²) in [5, 5.41) is 3.26. The SMILES string of the molecule is O=C1CCNCC12[CH]CC2. The average Bonchev–Trinajstić information content (AvgIpc) is 1.85. The van der Waals surface area contributed by atoms with Gasteiger partial charge in [0.15, 0.2) is 0 Å². The summed E-state index contributed by atoms with van der Waals surface area (Å²) in [5.41, 5.74) is -0.0156. The second-order valence-electron chi connectivity index (χ2n) is 3.25. The van der Waals surface area contributed by atoms with E-state index in [9.17, 15) is 4.79 Å². The van der Waals surface area contributed by atoms with Crippen LogP contribution in [-0.2, 0) is 4.79 Å². The van der Waals surface area contributed by atoms with E-state index in [1.807, 2.05) is 0 Å². The highest BCUT2D eigenvalue weighted by atomic mass is 16.1.